The van der Waals surface area contributed by atoms with Gasteiger partial charge in [0.25, 0.3) is 5.91 Å². The SMILES string of the molecule is CCCN1CC=C[C@@]2(C)O[C@]34C=CCN(c5ccccc5Cl)C(=O)C3N([C@@H](CO)[C@@H](C)CC)C(=O)[C@@H]4[C@H]2C1=O. The van der Waals surface area contributed by atoms with Crippen LogP contribution in [-0.2, 0) is 19.1 Å². The van der Waals surface area contributed by atoms with E-state index in [1.807, 2.05) is 58.1 Å². The molecule has 39 heavy (non-hydrogen) atoms. The van der Waals surface area contributed by atoms with E-state index < -0.39 is 35.1 Å². The van der Waals surface area contributed by atoms with Crippen LogP contribution < -0.4 is 4.90 Å². The van der Waals surface area contributed by atoms with Crippen LogP contribution in [0.4, 0.5) is 5.69 Å². The van der Waals surface area contributed by atoms with Crippen LogP contribution in [0.25, 0.3) is 0 Å². The summed E-state index contributed by atoms with van der Waals surface area (Å²) in [6.07, 6.45) is 8.97. The molecule has 1 spiro atoms. The van der Waals surface area contributed by atoms with E-state index in [0.717, 1.165) is 6.42 Å². The number of amides is 3. The third-order valence-corrected chi connectivity index (χ3v) is 9.38. The predicted octanol–water partition coefficient (Wildman–Crippen LogP) is 3.43. The zero-order valence-corrected chi connectivity index (χ0v) is 23.8. The standard InChI is InChI=1S/C30H38ClN3O5/c1-5-15-32-16-9-13-29(4)23(26(32)36)24-27(37)34(22(18-35)19(3)6-2)25-28(38)33(17-10-14-30(24,25)39-29)21-12-8-7-11-20(21)31/h7-14,19,22-25,35H,5-6,15-18H2,1-4H3/t19-,22-,23-,24-,25?,29+,30-/m0/s1. The number of ether oxygens (including phenoxy) is 1. The molecule has 2 fully saturated rings. The minimum Gasteiger partial charge on any atom is -0.394 e. The van der Waals surface area contributed by atoms with Gasteiger partial charge in [-0.1, -0.05) is 75.2 Å². The number of carbonyl (C=O) groups is 3. The molecule has 5 rings (SSSR count). The average Bonchev–Trinajstić information content (AvgIpc) is 3.19. The second kappa shape index (κ2) is 10.4. The molecule has 1 unspecified atom stereocenters. The van der Waals surface area contributed by atoms with Gasteiger partial charge in [-0.15, -0.1) is 0 Å². The molecule has 0 aliphatic carbocycles. The molecule has 0 saturated carbocycles. The van der Waals surface area contributed by atoms with Crippen LogP contribution in [-0.4, -0.2) is 82.2 Å². The number of fused-ring (bicyclic) bond motifs is 2. The molecule has 4 heterocycles. The Morgan fingerprint density at radius 3 is 2.44 bits per heavy atom. The Bertz CT molecular complexity index is 1220. The smallest absolute Gasteiger partial charge is 0.253 e. The lowest BCUT2D eigenvalue weighted by Crippen LogP contribution is -2.60. The first-order valence-electron chi connectivity index (χ1n) is 14.0. The first kappa shape index (κ1) is 27.9. The van der Waals surface area contributed by atoms with Gasteiger partial charge >= 0.3 is 0 Å². The zero-order valence-electron chi connectivity index (χ0n) is 23.0. The third-order valence-electron chi connectivity index (χ3n) is 9.06. The maximum absolute atomic E-state index is 14.6. The van der Waals surface area contributed by atoms with Gasteiger partial charge in [0.05, 0.1) is 40.8 Å². The lowest BCUT2D eigenvalue weighted by atomic mass is 9.74. The Labute approximate surface area is 235 Å². The fourth-order valence-corrected chi connectivity index (χ4v) is 7.28. The summed E-state index contributed by atoms with van der Waals surface area (Å²) in [5.41, 5.74) is -1.91. The summed E-state index contributed by atoms with van der Waals surface area (Å²) in [5.74, 6) is -2.61. The Morgan fingerprint density at radius 2 is 1.77 bits per heavy atom. The van der Waals surface area contributed by atoms with E-state index in [1.54, 1.807) is 28.0 Å². The highest BCUT2D eigenvalue weighted by Gasteiger charge is 2.75. The highest BCUT2D eigenvalue weighted by molar-refractivity contribution is 6.34. The number of rotatable bonds is 7. The largest absolute Gasteiger partial charge is 0.394 e. The van der Waals surface area contributed by atoms with Gasteiger partial charge in [-0.2, -0.15) is 0 Å². The monoisotopic (exact) mass is 555 g/mol. The van der Waals surface area contributed by atoms with Crippen molar-refractivity contribution < 1.29 is 24.2 Å². The second-order valence-corrected chi connectivity index (χ2v) is 11.8. The van der Waals surface area contributed by atoms with Crippen molar-refractivity contribution in [2.24, 2.45) is 17.8 Å². The maximum atomic E-state index is 14.6. The Balaban J connectivity index is 1.69. The van der Waals surface area contributed by atoms with Gasteiger partial charge in [0.2, 0.25) is 11.8 Å². The van der Waals surface area contributed by atoms with Gasteiger partial charge < -0.3 is 24.5 Å². The molecule has 0 bridgehead atoms. The van der Waals surface area contributed by atoms with E-state index in [-0.39, 0.29) is 36.8 Å². The van der Waals surface area contributed by atoms with E-state index in [2.05, 4.69) is 0 Å². The van der Waals surface area contributed by atoms with Crippen LogP contribution in [0, 0.1) is 17.8 Å². The molecule has 4 aliphatic rings. The van der Waals surface area contributed by atoms with E-state index in [1.165, 1.54) is 4.90 Å². The number of nitrogens with zero attached hydrogens (tertiary/aromatic N) is 3. The van der Waals surface area contributed by atoms with E-state index in [4.69, 9.17) is 16.3 Å². The third kappa shape index (κ3) is 4.14. The van der Waals surface area contributed by atoms with E-state index >= 15 is 0 Å². The van der Waals surface area contributed by atoms with E-state index in [9.17, 15) is 19.5 Å². The number of hydrogen-bond acceptors (Lipinski definition) is 5. The zero-order chi connectivity index (χ0) is 28.1. The first-order chi connectivity index (χ1) is 18.6. The number of halogens is 1. The summed E-state index contributed by atoms with van der Waals surface area (Å²) >= 11 is 6.53. The van der Waals surface area contributed by atoms with Crippen LogP contribution in [0.1, 0.15) is 40.5 Å². The molecule has 7 atom stereocenters. The van der Waals surface area contributed by atoms with Crippen molar-refractivity contribution >= 4 is 35.0 Å². The Hall–Kier alpha value is -2.68. The lowest BCUT2D eigenvalue weighted by Gasteiger charge is -2.41. The minimum absolute atomic E-state index is 0.0867. The summed E-state index contributed by atoms with van der Waals surface area (Å²) in [6.45, 7) is 8.76. The lowest BCUT2D eigenvalue weighted by molar-refractivity contribution is -0.152. The number of aliphatic hydroxyl groups excluding tert-OH is 1. The van der Waals surface area contributed by atoms with Gasteiger partial charge in [0.15, 0.2) is 0 Å². The predicted molar refractivity (Wildman–Crippen MR) is 149 cm³/mol. The molecular formula is C30H38ClN3O5. The van der Waals surface area contributed by atoms with Crippen LogP contribution in [0.15, 0.2) is 48.6 Å². The molecule has 0 aromatic heterocycles. The number of para-hydroxylation sites is 1. The topological polar surface area (TPSA) is 90.4 Å². The molecule has 9 heteroatoms. The van der Waals surface area contributed by atoms with Crippen molar-refractivity contribution in [3.8, 4) is 0 Å². The van der Waals surface area contributed by atoms with Crippen molar-refractivity contribution in [2.45, 2.75) is 63.8 Å². The number of likely N-dealkylation sites (tertiary alicyclic amines) is 1. The first-order valence-corrected chi connectivity index (χ1v) is 14.4. The number of aliphatic hydroxyl groups is 1. The molecule has 1 N–H and O–H groups in total. The fraction of sp³-hybridized carbons (Fsp3) is 0.567. The van der Waals surface area contributed by atoms with Gasteiger partial charge in [-0.05, 0) is 31.4 Å². The van der Waals surface area contributed by atoms with Crippen molar-refractivity contribution in [3.63, 3.8) is 0 Å². The Kier molecular flexibility index (Phi) is 7.42. The van der Waals surface area contributed by atoms with E-state index in [0.29, 0.717) is 30.2 Å². The van der Waals surface area contributed by atoms with Gasteiger partial charge in [0.1, 0.15) is 11.6 Å². The van der Waals surface area contributed by atoms with Gasteiger partial charge in [-0.3, -0.25) is 14.4 Å². The van der Waals surface area contributed by atoms with Crippen LogP contribution >= 0.6 is 11.6 Å². The molecular weight excluding hydrogens is 518 g/mol. The number of anilines is 1. The van der Waals surface area contributed by atoms with Crippen LogP contribution in [0.3, 0.4) is 0 Å². The van der Waals surface area contributed by atoms with Crippen molar-refractivity contribution in [2.75, 3.05) is 31.1 Å². The fourth-order valence-electron chi connectivity index (χ4n) is 7.04. The molecule has 3 amide bonds. The molecule has 8 nitrogen and oxygen atoms in total. The molecule has 1 aromatic carbocycles. The summed E-state index contributed by atoms with van der Waals surface area (Å²) < 4.78 is 6.87. The summed E-state index contributed by atoms with van der Waals surface area (Å²) in [4.78, 5) is 48.1. The van der Waals surface area contributed by atoms with Crippen LogP contribution in [0.2, 0.25) is 5.02 Å². The average molecular weight is 556 g/mol. The van der Waals surface area contributed by atoms with Crippen molar-refractivity contribution in [1.29, 1.82) is 0 Å². The van der Waals surface area contributed by atoms with Crippen molar-refractivity contribution in [3.05, 3.63) is 53.6 Å². The quantitative estimate of drug-likeness (QED) is 0.521. The minimum atomic E-state index is -1.38. The highest BCUT2D eigenvalue weighted by atomic mass is 35.5. The normalized spacial score (nSPS) is 33.5. The van der Waals surface area contributed by atoms with Gasteiger partial charge in [0, 0.05) is 19.6 Å². The summed E-state index contributed by atoms with van der Waals surface area (Å²) in [5, 5.41) is 11.0. The van der Waals surface area contributed by atoms with Gasteiger partial charge in [-0.25, -0.2) is 0 Å². The highest BCUT2D eigenvalue weighted by Crippen LogP contribution is 2.58. The number of benzene rings is 1. The summed E-state index contributed by atoms with van der Waals surface area (Å²) in [6, 6.07) is 5.43. The molecule has 4 aliphatic heterocycles. The molecule has 2 saturated heterocycles. The van der Waals surface area contributed by atoms with Crippen LogP contribution in [0.5, 0.6) is 0 Å². The Morgan fingerprint density at radius 1 is 1.05 bits per heavy atom. The molecule has 210 valence electrons. The second-order valence-electron chi connectivity index (χ2n) is 11.4. The molecule has 0 radical (unpaired) electrons. The maximum Gasteiger partial charge on any atom is 0.253 e. The number of carbonyl (C=O) groups excluding carboxylic acids is 3. The molecule has 1 aromatic rings. The summed E-state index contributed by atoms with van der Waals surface area (Å²) in [7, 11) is 0. The number of hydrogen-bond donors (Lipinski definition) is 1. The van der Waals surface area contributed by atoms with Crippen molar-refractivity contribution in [1.82, 2.24) is 9.80 Å².